The summed E-state index contributed by atoms with van der Waals surface area (Å²) in [4.78, 5) is 0. The van der Waals surface area contributed by atoms with Crippen LogP contribution in [0.15, 0.2) is 12.4 Å². The predicted octanol–water partition coefficient (Wildman–Crippen LogP) is 1.52. The van der Waals surface area contributed by atoms with Gasteiger partial charge in [0.05, 0.1) is 12.3 Å². The first-order valence-corrected chi connectivity index (χ1v) is 3.83. The number of aliphatic hydroxyl groups excluding tert-OH is 1. The van der Waals surface area contributed by atoms with Gasteiger partial charge in [0.25, 0.3) is 0 Å². The highest BCUT2D eigenvalue weighted by Crippen LogP contribution is 2.12. The summed E-state index contributed by atoms with van der Waals surface area (Å²) in [5.41, 5.74) is 0.874. The van der Waals surface area contributed by atoms with Crippen molar-refractivity contribution in [1.82, 2.24) is 9.78 Å². The van der Waals surface area contributed by atoms with Crippen molar-refractivity contribution in [3.05, 3.63) is 18.0 Å². The molecule has 1 N–H and O–H groups in total. The fraction of sp³-hybridized carbons (Fsp3) is 0.625. The summed E-state index contributed by atoms with van der Waals surface area (Å²) in [6.45, 7) is 5.85. The molecule has 0 aliphatic rings. The second-order valence-corrected chi connectivity index (χ2v) is 3.02. The molecule has 0 saturated heterocycles. The van der Waals surface area contributed by atoms with Gasteiger partial charge in [-0.05, 0) is 20.8 Å². The lowest BCUT2D eigenvalue weighted by atomic mass is 10.2. The number of aliphatic hydroxyl groups is 1. The molecule has 0 aliphatic heterocycles. The average Bonchev–Trinajstić information content (AvgIpc) is 2.33. The number of hydrogen-bond acceptors (Lipinski definition) is 2. The second-order valence-electron chi connectivity index (χ2n) is 3.02. The fourth-order valence-corrected chi connectivity index (χ4v) is 0.851. The Bertz CT molecular complexity index is 205. The molecule has 1 atom stereocenters. The van der Waals surface area contributed by atoms with Gasteiger partial charge in [-0.3, -0.25) is 4.68 Å². The van der Waals surface area contributed by atoms with Crippen LogP contribution in [-0.2, 0) is 0 Å². The molecule has 0 saturated carbocycles. The van der Waals surface area contributed by atoms with Gasteiger partial charge in [-0.15, -0.1) is 0 Å². The van der Waals surface area contributed by atoms with Crippen LogP contribution in [0.2, 0.25) is 0 Å². The Morgan fingerprint density at radius 3 is 2.36 bits per heavy atom. The van der Waals surface area contributed by atoms with Gasteiger partial charge in [0.15, 0.2) is 0 Å². The monoisotopic (exact) mass is 154 g/mol. The van der Waals surface area contributed by atoms with Crippen LogP contribution < -0.4 is 0 Å². The number of aromatic nitrogens is 2. The largest absolute Gasteiger partial charge is 0.389 e. The van der Waals surface area contributed by atoms with E-state index in [0.29, 0.717) is 6.04 Å². The Balaban J connectivity index is 2.82. The average molecular weight is 154 g/mol. The van der Waals surface area contributed by atoms with Gasteiger partial charge in [-0.25, -0.2) is 0 Å². The molecule has 0 amide bonds. The zero-order valence-electron chi connectivity index (χ0n) is 7.15. The van der Waals surface area contributed by atoms with E-state index in [1.165, 1.54) is 0 Å². The van der Waals surface area contributed by atoms with Gasteiger partial charge in [0, 0.05) is 17.8 Å². The third-order valence-corrected chi connectivity index (χ3v) is 1.63. The van der Waals surface area contributed by atoms with Crippen molar-refractivity contribution in [3.63, 3.8) is 0 Å². The van der Waals surface area contributed by atoms with Gasteiger partial charge >= 0.3 is 0 Å². The molecule has 1 aromatic heterocycles. The number of hydrogen-bond donors (Lipinski definition) is 1. The summed E-state index contributed by atoms with van der Waals surface area (Å²) in [6.07, 6.45) is 3.16. The van der Waals surface area contributed by atoms with Crippen LogP contribution in [0.4, 0.5) is 0 Å². The van der Waals surface area contributed by atoms with Crippen LogP contribution in [0, 0.1) is 0 Å². The highest BCUT2D eigenvalue weighted by molar-refractivity contribution is 5.06. The van der Waals surface area contributed by atoms with E-state index in [-0.39, 0.29) is 0 Å². The molecule has 0 aromatic carbocycles. The van der Waals surface area contributed by atoms with E-state index in [9.17, 15) is 0 Å². The summed E-state index contributed by atoms with van der Waals surface area (Å²) in [5, 5.41) is 13.3. The molecule has 0 radical (unpaired) electrons. The van der Waals surface area contributed by atoms with Crippen molar-refractivity contribution in [1.29, 1.82) is 0 Å². The Morgan fingerprint density at radius 2 is 2.09 bits per heavy atom. The van der Waals surface area contributed by atoms with E-state index in [4.69, 9.17) is 5.11 Å². The number of rotatable bonds is 2. The third-order valence-electron chi connectivity index (χ3n) is 1.63. The Hall–Kier alpha value is -0.830. The molecule has 0 spiro atoms. The molecule has 1 rings (SSSR count). The first kappa shape index (κ1) is 8.27. The highest BCUT2D eigenvalue weighted by atomic mass is 16.3. The zero-order chi connectivity index (χ0) is 8.43. The molecule has 62 valence electrons. The normalized spacial score (nSPS) is 13.9. The minimum absolute atomic E-state index is 0.363. The molecule has 1 aromatic rings. The minimum atomic E-state index is -0.414. The Morgan fingerprint density at radius 1 is 1.45 bits per heavy atom. The molecule has 0 unspecified atom stereocenters. The summed E-state index contributed by atoms with van der Waals surface area (Å²) in [7, 11) is 0. The van der Waals surface area contributed by atoms with E-state index >= 15 is 0 Å². The second kappa shape index (κ2) is 3.05. The van der Waals surface area contributed by atoms with E-state index < -0.39 is 6.10 Å². The van der Waals surface area contributed by atoms with Crippen LogP contribution in [0.3, 0.4) is 0 Å². The van der Waals surface area contributed by atoms with E-state index in [1.807, 2.05) is 10.9 Å². The summed E-state index contributed by atoms with van der Waals surface area (Å²) in [5.74, 6) is 0. The summed E-state index contributed by atoms with van der Waals surface area (Å²) in [6, 6.07) is 0.363. The minimum Gasteiger partial charge on any atom is -0.389 e. The lowest BCUT2D eigenvalue weighted by Crippen LogP contribution is -2.00. The maximum Gasteiger partial charge on any atom is 0.0792 e. The SMILES string of the molecule is CC(C)n1cc([C@H](C)O)cn1. The zero-order valence-corrected chi connectivity index (χ0v) is 7.15. The van der Waals surface area contributed by atoms with Crippen molar-refractivity contribution in [2.45, 2.75) is 32.9 Å². The standard InChI is InChI=1S/C8H14N2O/c1-6(2)10-5-8(4-9-10)7(3)11/h4-7,11H,1-3H3/t7-/m0/s1. The third kappa shape index (κ3) is 1.80. The van der Waals surface area contributed by atoms with Crippen LogP contribution in [0.5, 0.6) is 0 Å². The maximum absolute atomic E-state index is 9.17. The fourth-order valence-electron chi connectivity index (χ4n) is 0.851. The lowest BCUT2D eigenvalue weighted by Gasteiger charge is -2.03. The van der Waals surface area contributed by atoms with Crippen LogP contribution in [0.25, 0.3) is 0 Å². The molecule has 0 fully saturated rings. The first-order valence-electron chi connectivity index (χ1n) is 3.83. The topological polar surface area (TPSA) is 38.0 Å². The molecule has 1 heterocycles. The smallest absolute Gasteiger partial charge is 0.0792 e. The number of nitrogens with zero attached hydrogens (tertiary/aromatic N) is 2. The van der Waals surface area contributed by atoms with Crippen molar-refractivity contribution < 1.29 is 5.11 Å². The van der Waals surface area contributed by atoms with Crippen LogP contribution in [-0.4, -0.2) is 14.9 Å². The van der Waals surface area contributed by atoms with Crippen molar-refractivity contribution in [2.75, 3.05) is 0 Å². The molecule has 3 heteroatoms. The predicted molar refractivity (Wildman–Crippen MR) is 43.2 cm³/mol. The quantitative estimate of drug-likeness (QED) is 0.701. The molecule has 11 heavy (non-hydrogen) atoms. The first-order chi connectivity index (χ1) is 5.11. The molecule has 0 bridgehead atoms. The van der Waals surface area contributed by atoms with Crippen LogP contribution >= 0.6 is 0 Å². The van der Waals surface area contributed by atoms with E-state index in [2.05, 4.69) is 18.9 Å². The van der Waals surface area contributed by atoms with Gasteiger partial charge < -0.3 is 5.11 Å². The highest BCUT2D eigenvalue weighted by Gasteiger charge is 2.04. The van der Waals surface area contributed by atoms with E-state index in [1.54, 1.807) is 13.1 Å². The Kier molecular flexibility index (Phi) is 2.29. The van der Waals surface area contributed by atoms with Gasteiger partial charge in [0.1, 0.15) is 0 Å². The van der Waals surface area contributed by atoms with E-state index in [0.717, 1.165) is 5.56 Å². The summed E-state index contributed by atoms with van der Waals surface area (Å²) < 4.78 is 1.84. The van der Waals surface area contributed by atoms with Gasteiger partial charge in [-0.2, -0.15) is 5.10 Å². The molecule has 3 nitrogen and oxygen atoms in total. The van der Waals surface area contributed by atoms with Crippen molar-refractivity contribution in [2.24, 2.45) is 0 Å². The van der Waals surface area contributed by atoms with Crippen molar-refractivity contribution in [3.8, 4) is 0 Å². The maximum atomic E-state index is 9.17. The van der Waals surface area contributed by atoms with Crippen LogP contribution in [0.1, 0.15) is 38.5 Å². The lowest BCUT2D eigenvalue weighted by molar-refractivity contribution is 0.199. The summed E-state index contributed by atoms with van der Waals surface area (Å²) >= 11 is 0. The van der Waals surface area contributed by atoms with Crippen molar-refractivity contribution >= 4 is 0 Å². The Labute approximate surface area is 66.7 Å². The van der Waals surface area contributed by atoms with Gasteiger partial charge in [-0.1, -0.05) is 0 Å². The molecule has 0 aliphatic carbocycles. The van der Waals surface area contributed by atoms with Gasteiger partial charge in [0.2, 0.25) is 0 Å². The molecular formula is C8H14N2O. The molecular weight excluding hydrogens is 140 g/mol.